The number of aromatic nitrogens is 2. The molecule has 0 aromatic carbocycles. The first-order valence-electron chi connectivity index (χ1n) is 5.63. The van der Waals surface area contributed by atoms with Gasteiger partial charge in [-0.1, -0.05) is 13.8 Å². The van der Waals surface area contributed by atoms with E-state index in [0.29, 0.717) is 0 Å². The zero-order chi connectivity index (χ0) is 11.1. The van der Waals surface area contributed by atoms with Gasteiger partial charge >= 0.3 is 0 Å². The summed E-state index contributed by atoms with van der Waals surface area (Å²) in [4.78, 5) is 0. The summed E-state index contributed by atoms with van der Waals surface area (Å²) in [7, 11) is 0. The summed E-state index contributed by atoms with van der Waals surface area (Å²) in [5, 5.41) is 4.28. The number of hydrogen-bond acceptors (Lipinski definition) is 3. The fourth-order valence-corrected chi connectivity index (χ4v) is 2.28. The Hall–Kier alpha value is -0.480. The Kier molecular flexibility index (Phi) is 5.79. The Morgan fingerprint density at radius 1 is 1.47 bits per heavy atom. The van der Waals surface area contributed by atoms with E-state index >= 15 is 0 Å². The molecule has 0 aliphatic rings. The van der Waals surface area contributed by atoms with Crippen molar-refractivity contribution in [3.8, 4) is 0 Å². The highest BCUT2D eigenvalue weighted by Gasteiger charge is 2.08. The predicted molar refractivity (Wildman–Crippen MR) is 67.1 cm³/mol. The third kappa shape index (κ3) is 4.26. The van der Waals surface area contributed by atoms with Crippen LogP contribution in [0.5, 0.6) is 0 Å². The summed E-state index contributed by atoms with van der Waals surface area (Å²) in [5.74, 6) is 2.18. The lowest BCUT2D eigenvalue weighted by atomic mass is 10.2. The van der Waals surface area contributed by atoms with Gasteiger partial charge < -0.3 is 5.73 Å². The Bertz CT molecular complexity index is 273. The fraction of sp³-hybridized carbons (Fsp3) is 0.727. The second-order valence-corrected chi connectivity index (χ2v) is 4.87. The standard InChI is InChI=1S/C11H21N3S/c1-3-5-14-8-10(7-13-14)11(12)9-15-6-4-2/h7-8,11H,3-6,9,12H2,1-2H3. The first kappa shape index (κ1) is 12.6. The van der Waals surface area contributed by atoms with Gasteiger partial charge in [0.05, 0.1) is 6.20 Å². The minimum absolute atomic E-state index is 0.132. The maximum atomic E-state index is 6.07. The van der Waals surface area contributed by atoms with Crippen molar-refractivity contribution in [3.05, 3.63) is 18.0 Å². The SMILES string of the molecule is CCCSCC(N)c1cnn(CCC)c1. The van der Waals surface area contributed by atoms with Crippen LogP contribution in [0.25, 0.3) is 0 Å². The number of thioether (sulfide) groups is 1. The van der Waals surface area contributed by atoms with Crippen molar-refractivity contribution in [2.45, 2.75) is 39.3 Å². The van der Waals surface area contributed by atoms with Crippen LogP contribution in [0.15, 0.2) is 12.4 Å². The van der Waals surface area contributed by atoms with E-state index < -0.39 is 0 Å². The molecule has 1 heterocycles. The van der Waals surface area contributed by atoms with E-state index in [1.807, 2.05) is 22.6 Å². The predicted octanol–water partition coefficient (Wildman–Crippen LogP) is 2.44. The topological polar surface area (TPSA) is 43.8 Å². The molecule has 0 saturated carbocycles. The second kappa shape index (κ2) is 6.90. The van der Waals surface area contributed by atoms with Gasteiger partial charge in [-0.15, -0.1) is 0 Å². The van der Waals surface area contributed by atoms with Crippen LogP contribution >= 0.6 is 11.8 Å². The molecule has 1 aromatic heterocycles. The van der Waals surface area contributed by atoms with Crippen LogP contribution in [-0.4, -0.2) is 21.3 Å². The molecule has 0 radical (unpaired) electrons. The van der Waals surface area contributed by atoms with E-state index in [4.69, 9.17) is 5.73 Å². The molecule has 1 rings (SSSR count). The molecule has 0 bridgehead atoms. The maximum absolute atomic E-state index is 6.07. The van der Waals surface area contributed by atoms with E-state index in [2.05, 4.69) is 25.1 Å². The highest BCUT2D eigenvalue weighted by molar-refractivity contribution is 7.99. The first-order chi connectivity index (χ1) is 7.27. The van der Waals surface area contributed by atoms with Crippen LogP contribution in [0.2, 0.25) is 0 Å². The van der Waals surface area contributed by atoms with Gasteiger partial charge in [-0.05, 0) is 18.6 Å². The summed E-state index contributed by atoms with van der Waals surface area (Å²) in [5.41, 5.74) is 7.23. The smallest absolute Gasteiger partial charge is 0.0537 e. The van der Waals surface area contributed by atoms with Crippen molar-refractivity contribution in [1.82, 2.24) is 9.78 Å². The highest BCUT2D eigenvalue weighted by atomic mass is 32.2. The molecule has 0 saturated heterocycles. The summed E-state index contributed by atoms with van der Waals surface area (Å²) < 4.78 is 1.97. The Morgan fingerprint density at radius 3 is 2.93 bits per heavy atom. The van der Waals surface area contributed by atoms with Crippen molar-refractivity contribution >= 4 is 11.8 Å². The average molecular weight is 227 g/mol. The molecule has 1 atom stereocenters. The normalized spacial score (nSPS) is 13.0. The van der Waals surface area contributed by atoms with E-state index in [1.54, 1.807) is 0 Å². The van der Waals surface area contributed by atoms with Crippen molar-refractivity contribution in [3.63, 3.8) is 0 Å². The molecule has 4 heteroatoms. The summed E-state index contributed by atoms with van der Waals surface area (Å²) in [6.45, 7) is 5.32. The lowest BCUT2D eigenvalue weighted by Crippen LogP contribution is -2.12. The van der Waals surface area contributed by atoms with Gasteiger partial charge in [-0.25, -0.2) is 0 Å². The molecule has 1 aromatic rings. The minimum Gasteiger partial charge on any atom is -0.323 e. The Balaban J connectivity index is 2.39. The first-order valence-corrected chi connectivity index (χ1v) is 6.79. The maximum Gasteiger partial charge on any atom is 0.0537 e. The molecule has 0 aliphatic carbocycles. The average Bonchev–Trinajstić information content (AvgIpc) is 2.67. The molecule has 86 valence electrons. The van der Waals surface area contributed by atoms with Crippen LogP contribution in [0.3, 0.4) is 0 Å². The summed E-state index contributed by atoms with van der Waals surface area (Å²) >= 11 is 1.92. The molecular formula is C11H21N3S. The van der Waals surface area contributed by atoms with Gasteiger partial charge in [0.1, 0.15) is 0 Å². The molecule has 0 spiro atoms. The molecule has 0 amide bonds. The van der Waals surface area contributed by atoms with Crippen molar-refractivity contribution in [2.24, 2.45) is 5.73 Å². The van der Waals surface area contributed by atoms with Crippen LogP contribution in [0, 0.1) is 0 Å². The van der Waals surface area contributed by atoms with Gasteiger partial charge in [-0.2, -0.15) is 16.9 Å². The van der Waals surface area contributed by atoms with E-state index in [9.17, 15) is 0 Å². The lowest BCUT2D eigenvalue weighted by molar-refractivity contribution is 0.601. The molecule has 0 fully saturated rings. The van der Waals surface area contributed by atoms with Crippen molar-refractivity contribution in [1.29, 1.82) is 0 Å². The number of aryl methyl sites for hydroxylation is 1. The molecule has 3 nitrogen and oxygen atoms in total. The van der Waals surface area contributed by atoms with Gasteiger partial charge in [-0.3, -0.25) is 4.68 Å². The van der Waals surface area contributed by atoms with Crippen molar-refractivity contribution < 1.29 is 0 Å². The zero-order valence-corrected chi connectivity index (χ0v) is 10.5. The van der Waals surface area contributed by atoms with Gasteiger partial charge in [0.25, 0.3) is 0 Å². The van der Waals surface area contributed by atoms with Crippen LogP contribution in [0.1, 0.15) is 38.3 Å². The molecule has 15 heavy (non-hydrogen) atoms. The lowest BCUT2D eigenvalue weighted by Gasteiger charge is -2.07. The summed E-state index contributed by atoms with van der Waals surface area (Å²) in [6.07, 6.45) is 6.29. The third-order valence-electron chi connectivity index (χ3n) is 2.18. The molecule has 1 unspecified atom stereocenters. The second-order valence-electron chi connectivity index (χ2n) is 3.72. The largest absolute Gasteiger partial charge is 0.323 e. The quantitative estimate of drug-likeness (QED) is 0.728. The molecular weight excluding hydrogens is 206 g/mol. The van der Waals surface area contributed by atoms with Gasteiger partial charge in [0.2, 0.25) is 0 Å². The van der Waals surface area contributed by atoms with Crippen LogP contribution in [0.4, 0.5) is 0 Å². The fourth-order valence-electron chi connectivity index (χ4n) is 1.37. The number of rotatable bonds is 7. The zero-order valence-electron chi connectivity index (χ0n) is 9.65. The van der Waals surface area contributed by atoms with E-state index in [-0.39, 0.29) is 6.04 Å². The molecule has 0 aliphatic heterocycles. The Morgan fingerprint density at radius 2 is 2.27 bits per heavy atom. The number of nitrogens with zero attached hydrogens (tertiary/aromatic N) is 2. The van der Waals surface area contributed by atoms with Crippen molar-refractivity contribution in [2.75, 3.05) is 11.5 Å². The number of hydrogen-bond donors (Lipinski definition) is 1. The van der Waals surface area contributed by atoms with Gasteiger partial charge in [0, 0.05) is 30.1 Å². The van der Waals surface area contributed by atoms with Gasteiger partial charge in [0.15, 0.2) is 0 Å². The highest BCUT2D eigenvalue weighted by Crippen LogP contribution is 2.15. The molecule has 2 N–H and O–H groups in total. The van der Waals surface area contributed by atoms with E-state index in [0.717, 1.165) is 24.3 Å². The summed E-state index contributed by atoms with van der Waals surface area (Å²) in [6, 6.07) is 0.132. The van der Waals surface area contributed by atoms with E-state index in [1.165, 1.54) is 12.2 Å². The Labute approximate surface area is 96.4 Å². The van der Waals surface area contributed by atoms with Crippen LogP contribution < -0.4 is 5.73 Å². The third-order valence-corrected chi connectivity index (χ3v) is 3.47. The monoisotopic (exact) mass is 227 g/mol. The number of nitrogens with two attached hydrogens (primary N) is 1. The van der Waals surface area contributed by atoms with Crippen LogP contribution in [-0.2, 0) is 6.54 Å². The minimum atomic E-state index is 0.132.